The Bertz CT molecular complexity index is 446. The molecule has 1 aromatic rings. The highest BCUT2D eigenvalue weighted by Crippen LogP contribution is 2.15. The summed E-state index contributed by atoms with van der Waals surface area (Å²) in [6.45, 7) is 4.32. The van der Waals surface area contributed by atoms with Gasteiger partial charge in [-0.15, -0.1) is 0 Å². The van der Waals surface area contributed by atoms with Gasteiger partial charge in [0.25, 0.3) is 5.69 Å². The van der Waals surface area contributed by atoms with Crippen LogP contribution in [0.1, 0.15) is 19.4 Å². The number of nitrogens with zero attached hydrogens (tertiary/aromatic N) is 2. The molecule has 0 aliphatic rings. The molecule has 0 radical (unpaired) electrons. The van der Waals surface area contributed by atoms with Gasteiger partial charge in [-0.3, -0.25) is 14.9 Å². The minimum atomic E-state index is -0.566. The van der Waals surface area contributed by atoms with Gasteiger partial charge in [0.05, 0.1) is 11.0 Å². The molecule has 0 aromatic heterocycles. The molecule has 1 aromatic carbocycles. The molecule has 1 rings (SSSR count). The molecule has 6 nitrogen and oxygen atoms in total. The summed E-state index contributed by atoms with van der Waals surface area (Å²) in [5, 5.41) is 10.7. The number of carbonyl (C=O) groups is 1. The fraction of sp³-hybridized carbons (Fsp3) is 0.417. The summed E-state index contributed by atoms with van der Waals surface area (Å²) in [5.41, 5.74) is 6.29. The Kier molecular flexibility index (Phi) is 4.79. The van der Waals surface area contributed by atoms with Crippen molar-refractivity contribution in [2.75, 3.05) is 6.54 Å². The van der Waals surface area contributed by atoms with E-state index >= 15 is 0 Å². The van der Waals surface area contributed by atoms with Gasteiger partial charge in [0.1, 0.15) is 0 Å². The molecule has 98 valence electrons. The van der Waals surface area contributed by atoms with Gasteiger partial charge in [0.15, 0.2) is 0 Å². The number of non-ortho nitro benzene ring substituents is 1. The maximum Gasteiger partial charge on any atom is 0.269 e. The van der Waals surface area contributed by atoms with Gasteiger partial charge in [-0.25, -0.2) is 0 Å². The molecule has 2 N–H and O–H groups in total. The van der Waals surface area contributed by atoms with Gasteiger partial charge in [0, 0.05) is 25.2 Å². The topological polar surface area (TPSA) is 89.5 Å². The molecule has 0 unspecified atom stereocenters. The highest BCUT2D eigenvalue weighted by molar-refractivity contribution is 5.81. The van der Waals surface area contributed by atoms with E-state index in [1.807, 2.05) is 6.92 Å². The first kappa shape index (κ1) is 14.1. The lowest BCUT2D eigenvalue weighted by molar-refractivity contribution is -0.384. The number of rotatable bonds is 5. The third kappa shape index (κ3) is 3.53. The number of hydrogen-bond donors (Lipinski definition) is 1. The molecule has 0 heterocycles. The summed E-state index contributed by atoms with van der Waals surface area (Å²) in [6, 6.07) is 5.69. The fourth-order valence-electron chi connectivity index (χ4n) is 1.62. The predicted octanol–water partition coefficient (Wildman–Crippen LogP) is 1.29. The summed E-state index contributed by atoms with van der Waals surface area (Å²) in [4.78, 5) is 23.5. The molecule has 0 spiro atoms. The van der Waals surface area contributed by atoms with Gasteiger partial charge < -0.3 is 10.6 Å². The Balaban J connectivity index is 2.85. The number of benzene rings is 1. The summed E-state index contributed by atoms with van der Waals surface area (Å²) < 4.78 is 0. The van der Waals surface area contributed by atoms with E-state index in [2.05, 4.69) is 0 Å². The summed E-state index contributed by atoms with van der Waals surface area (Å²) in [6.07, 6.45) is 0. The van der Waals surface area contributed by atoms with E-state index in [0.29, 0.717) is 13.1 Å². The van der Waals surface area contributed by atoms with Crippen molar-refractivity contribution in [3.8, 4) is 0 Å². The van der Waals surface area contributed by atoms with Crippen molar-refractivity contribution in [2.24, 2.45) is 5.73 Å². The first-order valence-corrected chi connectivity index (χ1v) is 5.73. The lowest BCUT2D eigenvalue weighted by atomic mass is 10.1. The van der Waals surface area contributed by atoms with Crippen LogP contribution in [0.2, 0.25) is 0 Å². The Morgan fingerprint density at radius 1 is 1.56 bits per heavy atom. The van der Waals surface area contributed by atoms with Gasteiger partial charge in [-0.1, -0.05) is 12.1 Å². The lowest BCUT2D eigenvalue weighted by Crippen LogP contribution is -2.41. The van der Waals surface area contributed by atoms with Crippen LogP contribution in [-0.2, 0) is 11.3 Å². The molecule has 0 aliphatic carbocycles. The number of nitro groups is 1. The maximum atomic E-state index is 11.8. The smallest absolute Gasteiger partial charge is 0.269 e. The molecule has 0 aliphatic heterocycles. The normalized spacial score (nSPS) is 11.9. The van der Waals surface area contributed by atoms with E-state index in [-0.39, 0.29) is 11.6 Å². The standard InChI is InChI=1S/C12H17N3O3/c1-3-14(12(16)9(2)13)8-10-5-4-6-11(7-10)15(17)18/h4-7,9H,3,8,13H2,1-2H3/t9-/m0/s1. The summed E-state index contributed by atoms with van der Waals surface area (Å²) >= 11 is 0. The fourth-order valence-corrected chi connectivity index (χ4v) is 1.62. The van der Waals surface area contributed by atoms with Crippen molar-refractivity contribution in [1.29, 1.82) is 0 Å². The monoisotopic (exact) mass is 251 g/mol. The van der Waals surface area contributed by atoms with Crippen molar-refractivity contribution in [3.63, 3.8) is 0 Å². The molecule has 0 bridgehead atoms. The van der Waals surface area contributed by atoms with E-state index in [1.54, 1.807) is 24.0 Å². The van der Waals surface area contributed by atoms with Crippen molar-refractivity contribution in [2.45, 2.75) is 26.4 Å². The molecule has 6 heteroatoms. The number of likely N-dealkylation sites (N-methyl/N-ethyl adjacent to an activating group) is 1. The highest BCUT2D eigenvalue weighted by atomic mass is 16.6. The molecular weight excluding hydrogens is 234 g/mol. The molecule has 18 heavy (non-hydrogen) atoms. The van der Waals surface area contributed by atoms with Crippen LogP contribution in [0.5, 0.6) is 0 Å². The van der Waals surface area contributed by atoms with Gasteiger partial charge in [-0.2, -0.15) is 0 Å². The number of nitro benzene ring substituents is 1. The van der Waals surface area contributed by atoms with Crippen LogP contribution in [0.4, 0.5) is 5.69 Å². The van der Waals surface area contributed by atoms with Crippen molar-refractivity contribution in [3.05, 3.63) is 39.9 Å². The van der Waals surface area contributed by atoms with Crippen LogP contribution < -0.4 is 5.73 Å². The average molecular weight is 251 g/mol. The average Bonchev–Trinajstić information content (AvgIpc) is 2.35. The molecular formula is C12H17N3O3. The van der Waals surface area contributed by atoms with E-state index in [4.69, 9.17) is 5.73 Å². The second kappa shape index (κ2) is 6.11. The van der Waals surface area contributed by atoms with Crippen molar-refractivity contribution >= 4 is 11.6 Å². The second-order valence-corrected chi connectivity index (χ2v) is 4.07. The number of hydrogen-bond acceptors (Lipinski definition) is 4. The number of carbonyl (C=O) groups excluding carboxylic acids is 1. The Hall–Kier alpha value is -1.95. The minimum absolute atomic E-state index is 0.0248. The van der Waals surface area contributed by atoms with Crippen LogP contribution in [-0.4, -0.2) is 28.3 Å². The second-order valence-electron chi connectivity index (χ2n) is 4.07. The van der Waals surface area contributed by atoms with E-state index in [0.717, 1.165) is 5.56 Å². The van der Waals surface area contributed by atoms with Crippen LogP contribution in [0.25, 0.3) is 0 Å². The molecule has 1 amide bonds. The summed E-state index contributed by atoms with van der Waals surface area (Å²) in [5.74, 6) is -0.163. The molecule has 0 saturated heterocycles. The Morgan fingerprint density at radius 3 is 2.72 bits per heavy atom. The minimum Gasteiger partial charge on any atom is -0.337 e. The number of amides is 1. The quantitative estimate of drug-likeness (QED) is 0.630. The van der Waals surface area contributed by atoms with Crippen LogP contribution in [0.15, 0.2) is 24.3 Å². The highest BCUT2D eigenvalue weighted by Gasteiger charge is 2.16. The maximum absolute atomic E-state index is 11.8. The Labute approximate surface area is 106 Å². The predicted molar refractivity (Wildman–Crippen MR) is 67.8 cm³/mol. The third-order valence-corrected chi connectivity index (χ3v) is 2.58. The SMILES string of the molecule is CCN(Cc1cccc([N+](=O)[O-])c1)C(=O)[C@H](C)N. The van der Waals surface area contributed by atoms with Crippen LogP contribution in [0, 0.1) is 10.1 Å². The third-order valence-electron chi connectivity index (χ3n) is 2.58. The van der Waals surface area contributed by atoms with Gasteiger partial charge in [0.2, 0.25) is 5.91 Å². The number of nitrogens with two attached hydrogens (primary N) is 1. The van der Waals surface area contributed by atoms with Crippen molar-refractivity contribution < 1.29 is 9.72 Å². The Morgan fingerprint density at radius 2 is 2.22 bits per heavy atom. The molecule has 0 saturated carbocycles. The molecule has 0 fully saturated rings. The van der Waals surface area contributed by atoms with E-state index < -0.39 is 11.0 Å². The van der Waals surface area contributed by atoms with E-state index in [1.165, 1.54) is 12.1 Å². The zero-order valence-corrected chi connectivity index (χ0v) is 10.5. The zero-order valence-electron chi connectivity index (χ0n) is 10.5. The van der Waals surface area contributed by atoms with E-state index in [9.17, 15) is 14.9 Å². The van der Waals surface area contributed by atoms with Gasteiger partial charge in [-0.05, 0) is 19.4 Å². The van der Waals surface area contributed by atoms with Crippen LogP contribution >= 0.6 is 0 Å². The van der Waals surface area contributed by atoms with Crippen molar-refractivity contribution in [1.82, 2.24) is 4.90 Å². The largest absolute Gasteiger partial charge is 0.337 e. The zero-order chi connectivity index (χ0) is 13.7. The first-order chi connectivity index (χ1) is 8.45. The van der Waals surface area contributed by atoms with Crippen LogP contribution in [0.3, 0.4) is 0 Å². The lowest BCUT2D eigenvalue weighted by Gasteiger charge is -2.22. The molecule has 1 atom stereocenters. The van der Waals surface area contributed by atoms with Gasteiger partial charge >= 0.3 is 0 Å². The first-order valence-electron chi connectivity index (χ1n) is 5.73. The summed E-state index contributed by atoms with van der Waals surface area (Å²) in [7, 11) is 0.